The standard InChI is InChI=1S/C24H27ClN2O5/c25-17-6-3-7-18(12-17)32-20-13-19(26-21(28)8-9-22(29)30)23(24(20)31)27-11-10-15-4-1-2-5-16(15)14-27/h1-7,12,19-20,23-24,31H,8-11,13-14H2,(H,26,28)(H,29,30)/t19-,20-,23+,24+/m1/s1. The van der Waals surface area contributed by atoms with E-state index in [1.807, 2.05) is 12.1 Å². The first-order valence-corrected chi connectivity index (χ1v) is 11.2. The summed E-state index contributed by atoms with van der Waals surface area (Å²) in [6, 6.07) is 14.5. The van der Waals surface area contributed by atoms with E-state index in [-0.39, 0.29) is 30.8 Å². The number of benzene rings is 2. The van der Waals surface area contributed by atoms with E-state index in [1.165, 1.54) is 11.1 Å². The second-order valence-corrected chi connectivity index (χ2v) is 8.82. The van der Waals surface area contributed by atoms with Crippen LogP contribution >= 0.6 is 11.6 Å². The Kier molecular flexibility index (Phi) is 6.98. The molecule has 32 heavy (non-hydrogen) atoms. The van der Waals surface area contributed by atoms with Gasteiger partial charge >= 0.3 is 5.97 Å². The predicted molar refractivity (Wildman–Crippen MR) is 120 cm³/mol. The number of halogens is 1. The van der Waals surface area contributed by atoms with Crippen LogP contribution in [0.25, 0.3) is 0 Å². The average molecular weight is 459 g/mol. The van der Waals surface area contributed by atoms with Gasteiger partial charge in [0.2, 0.25) is 5.91 Å². The zero-order valence-electron chi connectivity index (χ0n) is 17.6. The highest BCUT2D eigenvalue weighted by Gasteiger charge is 2.47. The number of hydrogen-bond acceptors (Lipinski definition) is 5. The number of aliphatic hydroxyl groups excluding tert-OH is 1. The van der Waals surface area contributed by atoms with Gasteiger partial charge in [-0.3, -0.25) is 14.5 Å². The first-order valence-electron chi connectivity index (χ1n) is 10.8. The number of carbonyl (C=O) groups is 2. The fourth-order valence-electron chi connectivity index (χ4n) is 4.71. The van der Waals surface area contributed by atoms with Crippen molar-refractivity contribution in [3.05, 3.63) is 64.7 Å². The van der Waals surface area contributed by atoms with Crippen molar-refractivity contribution in [2.75, 3.05) is 6.54 Å². The summed E-state index contributed by atoms with van der Waals surface area (Å²) in [7, 11) is 0. The lowest BCUT2D eigenvalue weighted by Crippen LogP contribution is -2.54. The van der Waals surface area contributed by atoms with Gasteiger partial charge in [-0.25, -0.2) is 0 Å². The molecule has 170 valence electrons. The quantitative estimate of drug-likeness (QED) is 0.590. The van der Waals surface area contributed by atoms with Crippen molar-refractivity contribution in [2.45, 2.75) is 56.5 Å². The lowest BCUT2D eigenvalue weighted by Gasteiger charge is -2.38. The van der Waals surface area contributed by atoms with E-state index in [0.717, 1.165) is 13.0 Å². The number of rotatable bonds is 7. The van der Waals surface area contributed by atoms with E-state index in [4.69, 9.17) is 21.4 Å². The molecule has 0 unspecified atom stereocenters. The van der Waals surface area contributed by atoms with E-state index in [0.29, 0.717) is 23.7 Å². The second-order valence-electron chi connectivity index (χ2n) is 8.39. The highest BCUT2D eigenvalue weighted by atomic mass is 35.5. The molecule has 2 aliphatic rings. The fraction of sp³-hybridized carbons (Fsp3) is 0.417. The van der Waals surface area contributed by atoms with E-state index in [1.54, 1.807) is 24.3 Å². The number of carboxylic acid groups (broad SMARTS) is 1. The molecule has 1 fully saturated rings. The molecule has 3 N–H and O–H groups in total. The molecule has 8 heteroatoms. The van der Waals surface area contributed by atoms with Gasteiger partial charge in [0.05, 0.1) is 18.5 Å². The van der Waals surface area contributed by atoms with Crippen LogP contribution in [0.1, 0.15) is 30.4 Å². The van der Waals surface area contributed by atoms with Gasteiger partial charge in [-0.1, -0.05) is 41.9 Å². The Morgan fingerprint density at radius 3 is 2.66 bits per heavy atom. The third kappa shape index (κ3) is 5.23. The maximum atomic E-state index is 12.4. The minimum absolute atomic E-state index is 0.0999. The van der Waals surface area contributed by atoms with Crippen LogP contribution in [0.3, 0.4) is 0 Å². The number of carbonyl (C=O) groups excluding carboxylic acids is 1. The Morgan fingerprint density at radius 2 is 1.91 bits per heavy atom. The van der Waals surface area contributed by atoms with Crippen molar-refractivity contribution < 1.29 is 24.5 Å². The topological polar surface area (TPSA) is 99.1 Å². The summed E-state index contributed by atoms with van der Waals surface area (Å²) in [5, 5.41) is 23.6. The molecular formula is C24H27ClN2O5. The summed E-state index contributed by atoms with van der Waals surface area (Å²) in [6.45, 7) is 1.42. The minimum atomic E-state index is -1.02. The van der Waals surface area contributed by atoms with Crippen LogP contribution in [-0.4, -0.2) is 57.8 Å². The second kappa shape index (κ2) is 9.90. The first kappa shape index (κ1) is 22.6. The molecular weight excluding hydrogens is 432 g/mol. The molecule has 2 aromatic carbocycles. The molecule has 4 rings (SSSR count). The molecule has 1 aliphatic carbocycles. The molecule has 7 nitrogen and oxygen atoms in total. The number of aliphatic hydroxyl groups is 1. The number of carboxylic acids is 1. The van der Waals surface area contributed by atoms with Gasteiger partial charge in [0.25, 0.3) is 0 Å². The van der Waals surface area contributed by atoms with E-state index in [9.17, 15) is 14.7 Å². The number of hydrogen-bond donors (Lipinski definition) is 3. The first-order chi connectivity index (χ1) is 15.4. The summed E-state index contributed by atoms with van der Waals surface area (Å²) in [6.07, 6.45) is -0.416. The third-order valence-electron chi connectivity index (χ3n) is 6.21. The Morgan fingerprint density at radius 1 is 1.12 bits per heavy atom. The van der Waals surface area contributed by atoms with Crippen LogP contribution < -0.4 is 10.1 Å². The molecule has 0 bridgehead atoms. The van der Waals surface area contributed by atoms with Gasteiger partial charge in [-0.15, -0.1) is 0 Å². The van der Waals surface area contributed by atoms with Gasteiger partial charge < -0.3 is 20.3 Å². The van der Waals surface area contributed by atoms with Gasteiger partial charge in [0.1, 0.15) is 18.0 Å². The Bertz CT molecular complexity index is 984. The molecule has 0 aromatic heterocycles. The molecule has 1 heterocycles. The summed E-state index contributed by atoms with van der Waals surface area (Å²) in [5.74, 6) is -0.796. The molecule has 1 saturated carbocycles. The SMILES string of the molecule is O=C(O)CCC(=O)N[C@@H]1C[C@@H](Oc2cccc(Cl)c2)[C@H](O)[C@H]1N1CCc2ccccc2C1. The lowest BCUT2D eigenvalue weighted by atomic mass is 9.97. The predicted octanol–water partition coefficient (Wildman–Crippen LogP) is 2.63. The van der Waals surface area contributed by atoms with Gasteiger partial charge in [0, 0.05) is 31.0 Å². The Labute approximate surface area is 191 Å². The highest BCUT2D eigenvalue weighted by Crippen LogP contribution is 2.33. The largest absolute Gasteiger partial charge is 0.488 e. The number of aliphatic carboxylic acids is 1. The smallest absolute Gasteiger partial charge is 0.303 e. The van der Waals surface area contributed by atoms with Gasteiger partial charge in [0.15, 0.2) is 0 Å². The number of nitrogens with one attached hydrogen (secondary N) is 1. The minimum Gasteiger partial charge on any atom is -0.488 e. The maximum Gasteiger partial charge on any atom is 0.303 e. The van der Waals surface area contributed by atoms with Crippen LogP contribution in [0.5, 0.6) is 5.75 Å². The van der Waals surface area contributed by atoms with Crippen molar-refractivity contribution in [1.82, 2.24) is 10.2 Å². The molecule has 2 aromatic rings. The zero-order valence-corrected chi connectivity index (χ0v) is 18.4. The van der Waals surface area contributed by atoms with Crippen molar-refractivity contribution in [2.24, 2.45) is 0 Å². The van der Waals surface area contributed by atoms with Crippen LogP contribution in [0.4, 0.5) is 0 Å². The van der Waals surface area contributed by atoms with Crippen molar-refractivity contribution in [3.8, 4) is 5.75 Å². The molecule has 0 spiro atoms. The van der Waals surface area contributed by atoms with Gasteiger partial charge in [-0.2, -0.15) is 0 Å². The number of ether oxygens (including phenoxy) is 1. The van der Waals surface area contributed by atoms with Crippen LogP contribution in [0.2, 0.25) is 5.02 Å². The maximum absolute atomic E-state index is 12.4. The van der Waals surface area contributed by atoms with E-state index in [2.05, 4.69) is 22.3 Å². The number of fused-ring (bicyclic) bond motifs is 1. The molecule has 1 amide bonds. The monoisotopic (exact) mass is 458 g/mol. The van der Waals surface area contributed by atoms with E-state index >= 15 is 0 Å². The lowest BCUT2D eigenvalue weighted by molar-refractivity contribution is -0.139. The van der Waals surface area contributed by atoms with Crippen LogP contribution in [0.15, 0.2) is 48.5 Å². The van der Waals surface area contributed by atoms with Crippen LogP contribution in [-0.2, 0) is 22.6 Å². The molecule has 0 radical (unpaired) electrons. The van der Waals surface area contributed by atoms with Crippen molar-refractivity contribution in [1.29, 1.82) is 0 Å². The summed E-state index contributed by atoms with van der Waals surface area (Å²) in [4.78, 5) is 25.4. The Balaban J connectivity index is 1.52. The summed E-state index contributed by atoms with van der Waals surface area (Å²) in [5.41, 5.74) is 2.51. The normalized spacial score (nSPS) is 25.2. The van der Waals surface area contributed by atoms with E-state index < -0.39 is 18.2 Å². The fourth-order valence-corrected chi connectivity index (χ4v) is 4.89. The number of nitrogens with zero attached hydrogens (tertiary/aromatic N) is 1. The van der Waals surface area contributed by atoms with Crippen molar-refractivity contribution in [3.63, 3.8) is 0 Å². The summed E-state index contributed by atoms with van der Waals surface area (Å²) < 4.78 is 6.06. The third-order valence-corrected chi connectivity index (χ3v) is 6.44. The van der Waals surface area contributed by atoms with Crippen LogP contribution in [0, 0.1) is 0 Å². The summed E-state index contributed by atoms with van der Waals surface area (Å²) >= 11 is 6.07. The zero-order chi connectivity index (χ0) is 22.7. The highest BCUT2D eigenvalue weighted by molar-refractivity contribution is 6.30. The molecule has 0 saturated heterocycles. The van der Waals surface area contributed by atoms with Gasteiger partial charge in [-0.05, 0) is 35.7 Å². The molecule has 1 aliphatic heterocycles. The Hall–Kier alpha value is -2.61. The molecule has 4 atom stereocenters. The number of amides is 1. The average Bonchev–Trinajstić information content (AvgIpc) is 3.06. The van der Waals surface area contributed by atoms with Crippen molar-refractivity contribution >= 4 is 23.5 Å².